The minimum atomic E-state index is -0.257. The van der Waals surface area contributed by atoms with Crippen LogP contribution in [0.25, 0.3) is 0 Å². The second-order valence-electron chi connectivity index (χ2n) is 5.61. The van der Waals surface area contributed by atoms with Gasteiger partial charge in [0.05, 0.1) is 6.10 Å². The molecule has 1 aromatic carbocycles. The molecule has 0 spiro atoms. The lowest BCUT2D eigenvalue weighted by molar-refractivity contribution is 0.0656. The second kappa shape index (κ2) is 5.21. The van der Waals surface area contributed by atoms with E-state index >= 15 is 0 Å². The second-order valence-corrected chi connectivity index (χ2v) is 5.61. The van der Waals surface area contributed by atoms with E-state index in [1.165, 1.54) is 0 Å². The average molecular weight is 261 g/mol. The molecule has 19 heavy (non-hydrogen) atoms. The van der Waals surface area contributed by atoms with Crippen molar-refractivity contribution in [2.24, 2.45) is 11.8 Å². The molecule has 2 fully saturated rings. The zero-order chi connectivity index (χ0) is 13.2. The third kappa shape index (κ3) is 2.73. The van der Waals surface area contributed by atoms with Gasteiger partial charge in [-0.25, -0.2) is 4.79 Å². The third-order valence-electron chi connectivity index (χ3n) is 4.15. The summed E-state index contributed by atoms with van der Waals surface area (Å²) in [6, 6.07) is 9.68. The number of carbonyl (C=O) groups excluding carboxylic acids is 1. The van der Waals surface area contributed by atoms with Crippen molar-refractivity contribution in [2.45, 2.75) is 25.6 Å². The maximum absolute atomic E-state index is 12.0. The van der Waals surface area contributed by atoms with Gasteiger partial charge in [0.1, 0.15) is 6.61 Å². The van der Waals surface area contributed by atoms with Crippen LogP contribution in [-0.4, -0.2) is 35.3 Å². The topological polar surface area (TPSA) is 49.8 Å². The summed E-state index contributed by atoms with van der Waals surface area (Å²) in [7, 11) is 0. The molecule has 1 amide bonds. The van der Waals surface area contributed by atoms with E-state index in [-0.39, 0.29) is 18.1 Å². The minimum Gasteiger partial charge on any atom is -0.445 e. The molecule has 0 radical (unpaired) electrons. The van der Waals surface area contributed by atoms with Crippen LogP contribution in [-0.2, 0) is 11.3 Å². The van der Waals surface area contributed by atoms with Crippen molar-refractivity contribution < 1.29 is 14.6 Å². The number of aliphatic hydroxyl groups excluding tert-OH is 1. The van der Waals surface area contributed by atoms with Gasteiger partial charge in [-0.05, 0) is 24.3 Å². The molecule has 1 aliphatic carbocycles. The van der Waals surface area contributed by atoms with E-state index in [0.717, 1.165) is 24.9 Å². The van der Waals surface area contributed by atoms with E-state index in [1.54, 1.807) is 4.90 Å². The van der Waals surface area contributed by atoms with Crippen LogP contribution in [0.2, 0.25) is 0 Å². The van der Waals surface area contributed by atoms with Crippen molar-refractivity contribution >= 4 is 6.09 Å². The Balaban J connectivity index is 1.54. The molecule has 3 rings (SSSR count). The zero-order valence-electron chi connectivity index (χ0n) is 10.9. The predicted octanol–water partition coefficient (Wildman–Crippen LogP) is 2.03. The van der Waals surface area contributed by atoms with Crippen molar-refractivity contribution in [1.29, 1.82) is 0 Å². The number of fused-ring (bicyclic) bond motifs is 2. The van der Waals surface area contributed by atoms with E-state index in [4.69, 9.17) is 4.74 Å². The quantitative estimate of drug-likeness (QED) is 0.886. The Labute approximate surface area is 113 Å². The van der Waals surface area contributed by atoms with E-state index < -0.39 is 0 Å². The Morgan fingerprint density at radius 1 is 1.26 bits per heavy atom. The summed E-state index contributed by atoms with van der Waals surface area (Å²) in [5, 5.41) is 9.83. The molecule has 1 N–H and O–H groups in total. The van der Waals surface area contributed by atoms with Crippen LogP contribution < -0.4 is 0 Å². The number of benzene rings is 1. The highest BCUT2D eigenvalue weighted by molar-refractivity contribution is 5.67. The Bertz CT molecular complexity index is 446. The van der Waals surface area contributed by atoms with Crippen LogP contribution in [0.1, 0.15) is 18.4 Å². The van der Waals surface area contributed by atoms with E-state index in [9.17, 15) is 9.90 Å². The first-order valence-electron chi connectivity index (χ1n) is 6.86. The van der Waals surface area contributed by atoms with Gasteiger partial charge in [-0.2, -0.15) is 0 Å². The molecule has 1 saturated carbocycles. The van der Waals surface area contributed by atoms with Crippen LogP contribution in [0, 0.1) is 11.8 Å². The first-order valence-corrected chi connectivity index (χ1v) is 6.86. The standard InChI is InChI=1S/C15H19NO3/c17-14-7-12-6-13(14)9-16(8-12)15(18)19-10-11-4-2-1-3-5-11/h1-5,12-14,17H,6-10H2. The molecular weight excluding hydrogens is 242 g/mol. The molecule has 1 aromatic rings. The number of rotatable bonds is 2. The molecule has 1 heterocycles. The average Bonchev–Trinajstić information content (AvgIpc) is 2.70. The molecule has 3 atom stereocenters. The SMILES string of the molecule is O=C(OCc1ccccc1)N1CC2CC(O)C(C2)C1. The smallest absolute Gasteiger partial charge is 0.410 e. The highest BCUT2D eigenvalue weighted by atomic mass is 16.6. The summed E-state index contributed by atoms with van der Waals surface area (Å²) in [6.07, 6.45) is 1.38. The van der Waals surface area contributed by atoms with Gasteiger partial charge >= 0.3 is 6.09 Å². The number of hydrogen-bond donors (Lipinski definition) is 1. The van der Waals surface area contributed by atoms with Crippen molar-refractivity contribution in [3.63, 3.8) is 0 Å². The molecule has 2 bridgehead atoms. The Hall–Kier alpha value is -1.55. The van der Waals surface area contributed by atoms with Crippen LogP contribution >= 0.6 is 0 Å². The van der Waals surface area contributed by atoms with Crippen molar-refractivity contribution in [1.82, 2.24) is 4.90 Å². The first-order chi connectivity index (χ1) is 9.22. The number of ether oxygens (including phenoxy) is 1. The van der Waals surface area contributed by atoms with Crippen LogP contribution in [0.5, 0.6) is 0 Å². The van der Waals surface area contributed by atoms with Gasteiger partial charge in [0.2, 0.25) is 0 Å². The van der Waals surface area contributed by atoms with Gasteiger partial charge in [-0.15, -0.1) is 0 Å². The highest BCUT2D eigenvalue weighted by Crippen LogP contribution is 2.36. The maximum atomic E-state index is 12.0. The molecule has 3 unspecified atom stereocenters. The Kier molecular flexibility index (Phi) is 3.42. The fourth-order valence-corrected chi connectivity index (χ4v) is 3.19. The first kappa shape index (κ1) is 12.5. The number of aliphatic hydroxyl groups is 1. The van der Waals surface area contributed by atoms with Crippen molar-refractivity contribution in [2.75, 3.05) is 13.1 Å². The summed E-state index contributed by atoms with van der Waals surface area (Å²) < 4.78 is 5.33. The maximum Gasteiger partial charge on any atom is 0.410 e. The fourth-order valence-electron chi connectivity index (χ4n) is 3.19. The van der Waals surface area contributed by atoms with Gasteiger partial charge in [0, 0.05) is 19.0 Å². The lowest BCUT2D eigenvalue weighted by Crippen LogP contribution is -2.42. The number of piperidine rings is 1. The van der Waals surface area contributed by atoms with Gasteiger partial charge in [-0.1, -0.05) is 30.3 Å². The number of carbonyl (C=O) groups is 1. The molecule has 4 heteroatoms. The van der Waals surface area contributed by atoms with E-state index in [0.29, 0.717) is 19.1 Å². The molecule has 2 aliphatic rings. The van der Waals surface area contributed by atoms with Crippen molar-refractivity contribution in [3.05, 3.63) is 35.9 Å². The van der Waals surface area contributed by atoms with Gasteiger partial charge in [0.15, 0.2) is 0 Å². The summed E-state index contributed by atoms with van der Waals surface area (Å²) in [4.78, 5) is 13.8. The molecule has 1 aliphatic heterocycles. The van der Waals surface area contributed by atoms with E-state index in [1.807, 2.05) is 30.3 Å². The highest BCUT2D eigenvalue weighted by Gasteiger charge is 2.41. The largest absolute Gasteiger partial charge is 0.445 e. The van der Waals surface area contributed by atoms with Crippen LogP contribution in [0.3, 0.4) is 0 Å². The molecular formula is C15H19NO3. The van der Waals surface area contributed by atoms with Gasteiger partial charge in [0.25, 0.3) is 0 Å². The summed E-state index contributed by atoms with van der Waals surface area (Å²) >= 11 is 0. The van der Waals surface area contributed by atoms with Gasteiger partial charge < -0.3 is 14.7 Å². The molecule has 4 nitrogen and oxygen atoms in total. The number of hydrogen-bond acceptors (Lipinski definition) is 3. The van der Waals surface area contributed by atoms with Gasteiger partial charge in [-0.3, -0.25) is 0 Å². The summed E-state index contributed by atoms with van der Waals surface area (Å²) in [5.41, 5.74) is 0.996. The normalized spacial score (nSPS) is 29.3. The molecule has 0 aromatic heterocycles. The Morgan fingerprint density at radius 2 is 2.05 bits per heavy atom. The summed E-state index contributed by atoms with van der Waals surface area (Å²) in [5.74, 6) is 0.682. The fraction of sp³-hybridized carbons (Fsp3) is 0.533. The number of amides is 1. The van der Waals surface area contributed by atoms with Crippen LogP contribution in [0.4, 0.5) is 4.79 Å². The lowest BCUT2D eigenvalue weighted by atomic mass is 9.99. The monoisotopic (exact) mass is 261 g/mol. The third-order valence-corrected chi connectivity index (χ3v) is 4.15. The minimum absolute atomic E-state index is 0.239. The Morgan fingerprint density at radius 3 is 2.79 bits per heavy atom. The summed E-state index contributed by atoms with van der Waals surface area (Å²) in [6.45, 7) is 1.67. The lowest BCUT2D eigenvalue weighted by Gasteiger charge is -2.31. The van der Waals surface area contributed by atoms with Crippen LogP contribution in [0.15, 0.2) is 30.3 Å². The van der Waals surface area contributed by atoms with E-state index in [2.05, 4.69) is 0 Å². The zero-order valence-corrected chi connectivity index (χ0v) is 10.9. The molecule has 1 saturated heterocycles. The molecule has 102 valence electrons. The number of nitrogens with zero attached hydrogens (tertiary/aromatic N) is 1. The predicted molar refractivity (Wildman–Crippen MR) is 70.4 cm³/mol. The van der Waals surface area contributed by atoms with Crippen molar-refractivity contribution in [3.8, 4) is 0 Å². The number of likely N-dealkylation sites (tertiary alicyclic amines) is 1.